The van der Waals surface area contributed by atoms with Gasteiger partial charge in [-0.2, -0.15) is 0 Å². The van der Waals surface area contributed by atoms with Gasteiger partial charge in [0.15, 0.2) is 0 Å². The molecule has 0 aliphatic rings. The number of aliphatic hydroxyl groups excluding tert-OH is 1. The Labute approximate surface area is 133 Å². The van der Waals surface area contributed by atoms with Crippen LogP contribution in [0.1, 0.15) is 22.1 Å². The summed E-state index contributed by atoms with van der Waals surface area (Å²) < 4.78 is 26.8. The van der Waals surface area contributed by atoms with E-state index in [1.54, 1.807) is 13.0 Å². The highest BCUT2D eigenvalue weighted by Gasteiger charge is 2.19. The first kappa shape index (κ1) is 16.5. The minimum atomic E-state index is -3.69. The van der Waals surface area contributed by atoms with Gasteiger partial charge in [0.25, 0.3) is 0 Å². The lowest BCUT2D eigenvalue weighted by Gasteiger charge is -2.12. The summed E-state index contributed by atoms with van der Waals surface area (Å²) in [6.45, 7) is 3.61. The molecule has 0 bridgehead atoms. The topological polar surface area (TPSA) is 66.4 Å². The summed E-state index contributed by atoms with van der Waals surface area (Å²) in [6.07, 6.45) is -0.860. The molecule has 4 nitrogen and oxygen atoms in total. The predicted octanol–water partition coefficient (Wildman–Crippen LogP) is 3.03. The molecule has 1 heterocycles. The molecule has 21 heavy (non-hydrogen) atoms. The third-order valence-corrected chi connectivity index (χ3v) is 6.07. The third-order valence-electron chi connectivity index (χ3n) is 3.12. The van der Waals surface area contributed by atoms with Gasteiger partial charge in [-0.05, 0) is 48.6 Å². The summed E-state index contributed by atoms with van der Waals surface area (Å²) >= 11 is 7.35. The molecule has 0 aliphatic heterocycles. The van der Waals surface area contributed by atoms with Crippen molar-refractivity contribution in [3.8, 4) is 0 Å². The fraction of sp³-hybridized carbons (Fsp3) is 0.286. The van der Waals surface area contributed by atoms with Crippen molar-refractivity contribution in [2.45, 2.75) is 24.8 Å². The number of hydrogen-bond donors (Lipinski definition) is 2. The molecule has 0 amide bonds. The molecule has 0 fully saturated rings. The van der Waals surface area contributed by atoms with E-state index in [9.17, 15) is 13.5 Å². The molecule has 0 radical (unpaired) electrons. The number of sulfonamides is 1. The molecule has 7 heteroatoms. The van der Waals surface area contributed by atoms with Crippen molar-refractivity contribution in [2.24, 2.45) is 0 Å². The summed E-state index contributed by atoms with van der Waals surface area (Å²) in [6, 6.07) is 6.43. The van der Waals surface area contributed by atoms with Gasteiger partial charge in [0.05, 0.1) is 4.90 Å². The van der Waals surface area contributed by atoms with Gasteiger partial charge >= 0.3 is 0 Å². The largest absolute Gasteiger partial charge is 0.386 e. The molecule has 0 aliphatic carbocycles. The van der Waals surface area contributed by atoms with E-state index in [0.717, 1.165) is 16.0 Å². The summed E-state index contributed by atoms with van der Waals surface area (Å²) in [4.78, 5) is 0.854. The van der Waals surface area contributed by atoms with Crippen molar-refractivity contribution < 1.29 is 13.5 Å². The van der Waals surface area contributed by atoms with Crippen LogP contribution < -0.4 is 4.72 Å². The first-order chi connectivity index (χ1) is 9.81. The van der Waals surface area contributed by atoms with Gasteiger partial charge in [-0.1, -0.05) is 17.7 Å². The SMILES string of the molecule is Cc1ccc(S(=O)(=O)NCC(O)c2sccc2C)cc1Cl. The minimum absolute atomic E-state index is 0.0742. The molecule has 2 rings (SSSR count). The van der Waals surface area contributed by atoms with Gasteiger partial charge in [-0.25, -0.2) is 13.1 Å². The lowest BCUT2D eigenvalue weighted by atomic mass is 10.2. The number of hydrogen-bond acceptors (Lipinski definition) is 4. The Morgan fingerprint density at radius 3 is 2.57 bits per heavy atom. The van der Waals surface area contributed by atoms with Crippen LogP contribution in [0.25, 0.3) is 0 Å². The van der Waals surface area contributed by atoms with Gasteiger partial charge in [-0.3, -0.25) is 0 Å². The zero-order valence-electron chi connectivity index (χ0n) is 11.6. The van der Waals surface area contributed by atoms with E-state index in [0.29, 0.717) is 5.02 Å². The number of thiophene rings is 1. The van der Waals surface area contributed by atoms with Crippen LogP contribution in [0.15, 0.2) is 34.5 Å². The Hall–Kier alpha value is -0.920. The molecule has 2 aromatic rings. The lowest BCUT2D eigenvalue weighted by Crippen LogP contribution is -2.28. The van der Waals surface area contributed by atoms with Crippen molar-refractivity contribution in [3.05, 3.63) is 50.7 Å². The number of benzene rings is 1. The van der Waals surface area contributed by atoms with Crippen molar-refractivity contribution in [1.82, 2.24) is 4.72 Å². The standard InChI is InChI=1S/C14H16ClNO3S2/c1-9-3-4-11(7-12(9)15)21(18,19)16-8-13(17)14-10(2)5-6-20-14/h3-7,13,16-17H,8H2,1-2H3. The predicted molar refractivity (Wildman–Crippen MR) is 85.4 cm³/mol. The number of halogens is 1. The average Bonchev–Trinajstić information content (AvgIpc) is 2.85. The Bertz CT molecular complexity index is 740. The van der Waals surface area contributed by atoms with E-state index < -0.39 is 16.1 Å². The van der Waals surface area contributed by atoms with Crippen LogP contribution >= 0.6 is 22.9 Å². The van der Waals surface area contributed by atoms with E-state index in [1.165, 1.54) is 23.5 Å². The highest BCUT2D eigenvalue weighted by atomic mass is 35.5. The molecule has 1 aromatic carbocycles. The quantitative estimate of drug-likeness (QED) is 0.875. The molecule has 1 atom stereocenters. The molecule has 0 spiro atoms. The Morgan fingerprint density at radius 2 is 2.00 bits per heavy atom. The zero-order valence-corrected chi connectivity index (χ0v) is 14.0. The van der Waals surface area contributed by atoms with Crippen LogP contribution in [-0.2, 0) is 10.0 Å². The van der Waals surface area contributed by atoms with Crippen LogP contribution in [0, 0.1) is 13.8 Å². The minimum Gasteiger partial charge on any atom is -0.386 e. The number of rotatable bonds is 5. The second-order valence-corrected chi connectivity index (χ2v) is 7.87. The van der Waals surface area contributed by atoms with Gasteiger partial charge < -0.3 is 5.11 Å². The maximum atomic E-state index is 12.2. The molecule has 0 saturated heterocycles. The highest BCUT2D eigenvalue weighted by Crippen LogP contribution is 2.24. The van der Waals surface area contributed by atoms with Crippen LogP contribution in [0.3, 0.4) is 0 Å². The van der Waals surface area contributed by atoms with Gasteiger partial charge in [0.1, 0.15) is 6.10 Å². The first-order valence-corrected chi connectivity index (χ1v) is 9.03. The van der Waals surface area contributed by atoms with Gasteiger partial charge in [0, 0.05) is 16.4 Å². The summed E-state index contributed by atoms with van der Waals surface area (Å²) in [7, 11) is -3.69. The molecular weight excluding hydrogens is 330 g/mol. The number of aliphatic hydroxyl groups is 1. The van der Waals surface area contributed by atoms with Crippen molar-refractivity contribution in [2.75, 3.05) is 6.54 Å². The van der Waals surface area contributed by atoms with Crippen molar-refractivity contribution >= 4 is 33.0 Å². The van der Waals surface area contributed by atoms with Gasteiger partial charge in [0.2, 0.25) is 10.0 Å². The summed E-state index contributed by atoms with van der Waals surface area (Å²) in [5.74, 6) is 0. The lowest BCUT2D eigenvalue weighted by molar-refractivity contribution is 0.185. The zero-order chi connectivity index (χ0) is 15.6. The smallest absolute Gasteiger partial charge is 0.240 e. The maximum absolute atomic E-state index is 12.2. The first-order valence-electron chi connectivity index (χ1n) is 6.29. The average molecular weight is 346 g/mol. The fourth-order valence-electron chi connectivity index (χ4n) is 1.83. The van der Waals surface area contributed by atoms with Crippen LogP contribution in [-0.4, -0.2) is 20.1 Å². The van der Waals surface area contributed by atoms with Crippen molar-refractivity contribution in [1.29, 1.82) is 0 Å². The van der Waals surface area contributed by atoms with Crippen LogP contribution in [0.2, 0.25) is 5.02 Å². The third kappa shape index (κ3) is 3.84. The summed E-state index contributed by atoms with van der Waals surface area (Å²) in [5, 5.41) is 12.3. The Balaban J connectivity index is 2.11. The highest BCUT2D eigenvalue weighted by molar-refractivity contribution is 7.89. The van der Waals surface area contributed by atoms with E-state index in [-0.39, 0.29) is 11.4 Å². The Kier molecular flexibility index (Phi) is 5.06. The fourth-order valence-corrected chi connectivity index (χ4v) is 4.05. The second kappa shape index (κ2) is 6.46. The van der Waals surface area contributed by atoms with E-state index in [4.69, 9.17) is 11.6 Å². The summed E-state index contributed by atoms with van der Waals surface area (Å²) in [5.41, 5.74) is 1.76. The number of aryl methyl sites for hydroxylation is 2. The van der Waals surface area contributed by atoms with Crippen LogP contribution in [0.5, 0.6) is 0 Å². The number of nitrogens with one attached hydrogen (secondary N) is 1. The normalized spacial score (nSPS) is 13.3. The molecule has 114 valence electrons. The van der Waals surface area contributed by atoms with E-state index >= 15 is 0 Å². The molecule has 1 unspecified atom stereocenters. The van der Waals surface area contributed by atoms with E-state index in [1.807, 2.05) is 18.4 Å². The molecule has 0 saturated carbocycles. The van der Waals surface area contributed by atoms with E-state index in [2.05, 4.69) is 4.72 Å². The molecule has 1 aromatic heterocycles. The molecular formula is C14H16ClNO3S2. The Morgan fingerprint density at radius 1 is 1.29 bits per heavy atom. The second-order valence-electron chi connectivity index (χ2n) is 4.75. The van der Waals surface area contributed by atoms with Crippen LogP contribution in [0.4, 0.5) is 0 Å². The van der Waals surface area contributed by atoms with Crippen molar-refractivity contribution in [3.63, 3.8) is 0 Å². The van der Waals surface area contributed by atoms with Gasteiger partial charge in [-0.15, -0.1) is 11.3 Å². The maximum Gasteiger partial charge on any atom is 0.240 e. The molecule has 2 N–H and O–H groups in total. The monoisotopic (exact) mass is 345 g/mol.